The molecular formula is C81H124O5. The van der Waals surface area contributed by atoms with E-state index in [0.717, 1.165) is 167 Å². The fourth-order valence-corrected chi connectivity index (χ4v) is 8.72. The van der Waals surface area contributed by atoms with Crippen molar-refractivity contribution in [1.29, 1.82) is 0 Å². The summed E-state index contributed by atoms with van der Waals surface area (Å²) in [5.41, 5.74) is 0. The lowest BCUT2D eigenvalue weighted by molar-refractivity contribution is -0.161. The monoisotopic (exact) mass is 1180 g/mol. The average Bonchev–Trinajstić information content (AvgIpc) is 3.54. The number of carbonyl (C=O) groups is 2. The Morgan fingerprint density at radius 2 is 0.465 bits per heavy atom. The number of hydrogen-bond donors (Lipinski definition) is 1. The molecule has 1 N–H and O–H groups in total. The third-order valence-corrected chi connectivity index (χ3v) is 13.8. The molecule has 1 unspecified atom stereocenters. The fraction of sp³-hybridized carbons (Fsp3) is 0.531. The summed E-state index contributed by atoms with van der Waals surface area (Å²) in [4.78, 5) is 24.6. The Hall–Kier alpha value is -5.78. The smallest absolute Gasteiger partial charge is 0.306 e. The summed E-state index contributed by atoms with van der Waals surface area (Å²) >= 11 is 0. The van der Waals surface area contributed by atoms with Crippen LogP contribution in [0.4, 0.5) is 0 Å². The maximum absolute atomic E-state index is 12.4. The molecular weight excluding hydrogens is 1050 g/mol. The van der Waals surface area contributed by atoms with Gasteiger partial charge < -0.3 is 14.6 Å². The van der Waals surface area contributed by atoms with Crippen molar-refractivity contribution < 1.29 is 24.2 Å². The number of carbonyl (C=O) groups excluding carboxylic acids is 2. The van der Waals surface area contributed by atoms with Gasteiger partial charge in [-0.15, -0.1) is 0 Å². The van der Waals surface area contributed by atoms with E-state index < -0.39 is 6.10 Å². The molecule has 0 rings (SSSR count). The minimum atomic E-state index is -0.805. The first kappa shape index (κ1) is 80.2. The molecule has 0 aromatic rings. The number of ether oxygens (including phenoxy) is 2. The van der Waals surface area contributed by atoms with Crippen molar-refractivity contribution in [2.75, 3.05) is 13.2 Å². The highest BCUT2D eigenvalue weighted by Crippen LogP contribution is 2.15. The molecule has 0 spiro atoms. The zero-order valence-corrected chi connectivity index (χ0v) is 54.7. The summed E-state index contributed by atoms with van der Waals surface area (Å²) in [6, 6.07) is 0. The second-order valence-electron chi connectivity index (χ2n) is 21.8. The molecule has 0 aliphatic rings. The number of esters is 2. The summed E-state index contributed by atoms with van der Waals surface area (Å²) in [5, 5.41) is 9.70. The molecule has 0 radical (unpaired) electrons. The quantitative estimate of drug-likeness (QED) is 0.0373. The average molecular weight is 1180 g/mol. The van der Waals surface area contributed by atoms with Crippen molar-refractivity contribution in [1.82, 2.24) is 0 Å². The first-order chi connectivity index (χ1) is 42.6. The second-order valence-corrected chi connectivity index (χ2v) is 21.8. The maximum Gasteiger partial charge on any atom is 0.306 e. The minimum absolute atomic E-state index is 0.0911. The van der Waals surface area contributed by atoms with Crippen molar-refractivity contribution >= 4 is 11.9 Å². The molecule has 1 atom stereocenters. The Morgan fingerprint density at radius 1 is 0.267 bits per heavy atom. The predicted octanol–water partition coefficient (Wildman–Crippen LogP) is 24.3. The molecule has 0 saturated carbocycles. The van der Waals surface area contributed by atoms with Gasteiger partial charge in [-0.05, 0) is 154 Å². The summed E-state index contributed by atoms with van der Waals surface area (Å²) in [6.45, 7) is 3.88. The standard InChI is InChI=1S/C81H124O5/c1-3-5-7-9-11-13-15-17-19-21-23-25-27-29-31-33-35-36-37-38-39-40-41-42-43-44-46-48-50-52-54-56-58-60-62-64-66-68-70-72-74-76-81(84)86-79(77-82)78-85-80(83)75-73-71-69-67-65-63-61-59-57-55-53-51-49-47-45-34-32-30-28-26-24-22-20-18-16-14-12-10-8-6-4-2/h5-8,11-14,17-20,23-26,29-32,35-36,38-39,41-42,44-47,50,52,56,58,62,64,79,82H,3-4,9-10,15-16,21-22,27-28,33-34,37,40,43,48-49,51,53-55,57,59-61,63,65-78H2,1-2H3/b7-5-,8-6-,13-11-,14-12-,19-17-,20-18-,25-23-,26-24-,31-29-,32-30-,36-35-,39-38-,42-41-,46-44-,47-45-,52-50-,58-56-,64-62-. The Kier molecular flexibility index (Phi) is 68.5. The molecule has 0 aliphatic carbocycles. The van der Waals surface area contributed by atoms with Gasteiger partial charge in [0.1, 0.15) is 6.61 Å². The lowest BCUT2D eigenvalue weighted by atomic mass is 10.0. The van der Waals surface area contributed by atoms with Crippen molar-refractivity contribution in [2.45, 2.75) is 264 Å². The first-order valence-corrected chi connectivity index (χ1v) is 34.3. The maximum atomic E-state index is 12.4. The molecule has 0 aromatic carbocycles. The predicted molar refractivity (Wildman–Crippen MR) is 379 cm³/mol. The van der Waals surface area contributed by atoms with Gasteiger partial charge in [0, 0.05) is 12.8 Å². The molecule has 0 aromatic heterocycles. The number of allylic oxidation sites excluding steroid dienone is 36. The zero-order valence-electron chi connectivity index (χ0n) is 54.7. The largest absolute Gasteiger partial charge is 0.462 e. The number of unbranched alkanes of at least 4 members (excludes halogenated alkanes) is 16. The molecule has 5 nitrogen and oxygen atoms in total. The van der Waals surface area contributed by atoms with Crippen molar-refractivity contribution in [3.63, 3.8) is 0 Å². The zero-order chi connectivity index (χ0) is 61.9. The van der Waals surface area contributed by atoms with Crippen molar-refractivity contribution in [2.24, 2.45) is 0 Å². The van der Waals surface area contributed by atoms with Crippen LogP contribution in [0.3, 0.4) is 0 Å². The van der Waals surface area contributed by atoms with Gasteiger partial charge >= 0.3 is 11.9 Å². The molecule has 0 saturated heterocycles. The molecule has 0 fully saturated rings. The number of hydrogen-bond acceptors (Lipinski definition) is 5. The molecule has 0 bridgehead atoms. The summed E-state index contributed by atoms with van der Waals surface area (Å²) in [6.07, 6.45) is 119. The van der Waals surface area contributed by atoms with Gasteiger partial charge in [0.05, 0.1) is 6.61 Å². The van der Waals surface area contributed by atoms with Gasteiger partial charge in [-0.3, -0.25) is 9.59 Å². The first-order valence-electron chi connectivity index (χ1n) is 34.3. The van der Waals surface area contributed by atoms with Crippen LogP contribution in [0, 0.1) is 0 Å². The Morgan fingerprint density at radius 3 is 0.698 bits per heavy atom. The van der Waals surface area contributed by atoms with Crippen LogP contribution in [0.5, 0.6) is 0 Å². The van der Waals surface area contributed by atoms with E-state index in [1.54, 1.807) is 0 Å². The highest BCUT2D eigenvalue weighted by molar-refractivity contribution is 5.70. The fourth-order valence-electron chi connectivity index (χ4n) is 8.72. The van der Waals surface area contributed by atoms with E-state index >= 15 is 0 Å². The Bertz CT molecular complexity index is 2060. The Labute approximate surface area is 529 Å². The van der Waals surface area contributed by atoms with Gasteiger partial charge in [-0.25, -0.2) is 0 Å². The molecule has 5 heteroatoms. The second kappa shape index (κ2) is 73.5. The van der Waals surface area contributed by atoms with Crippen LogP contribution in [-0.2, 0) is 19.1 Å². The van der Waals surface area contributed by atoms with E-state index in [2.05, 4.69) is 233 Å². The summed E-state index contributed by atoms with van der Waals surface area (Å²) in [7, 11) is 0. The van der Waals surface area contributed by atoms with Crippen LogP contribution in [0.2, 0.25) is 0 Å². The number of aliphatic hydroxyl groups excluding tert-OH is 1. The minimum Gasteiger partial charge on any atom is -0.462 e. The molecule has 478 valence electrons. The topological polar surface area (TPSA) is 72.8 Å². The van der Waals surface area contributed by atoms with Crippen LogP contribution in [0.25, 0.3) is 0 Å². The van der Waals surface area contributed by atoms with Crippen molar-refractivity contribution in [3.8, 4) is 0 Å². The SMILES string of the molecule is CC/C=C\C/C=C\C/C=C\C/C=C\C/C=C\C/C=C\C/C=C\C/C=C\C/C=C\C/C=C\C/C=C\C/C=C\CCCCCCC(=O)OC(CO)COC(=O)CCCCCCCCCCCCCC/C=C\C/C=C\C/C=C\C/C=C\C/C=C\C/C=C\CC. The van der Waals surface area contributed by atoms with E-state index in [1.165, 1.54) is 64.2 Å². The van der Waals surface area contributed by atoms with Gasteiger partial charge in [0.2, 0.25) is 0 Å². The van der Waals surface area contributed by atoms with E-state index in [9.17, 15) is 14.7 Å². The lowest BCUT2D eigenvalue weighted by Gasteiger charge is -2.15. The third kappa shape index (κ3) is 70.7. The van der Waals surface area contributed by atoms with Gasteiger partial charge in [-0.1, -0.05) is 310 Å². The van der Waals surface area contributed by atoms with Gasteiger partial charge in [0.15, 0.2) is 6.10 Å². The highest BCUT2D eigenvalue weighted by Gasteiger charge is 2.16. The molecule has 0 aliphatic heterocycles. The van der Waals surface area contributed by atoms with E-state index in [1.807, 2.05) is 0 Å². The molecule has 0 heterocycles. The Balaban J connectivity index is 3.65. The van der Waals surface area contributed by atoms with E-state index in [0.29, 0.717) is 12.8 Å². The van der Waals surface area contributed by atoms with Crippen LogP contribution >= 0.6 is 0 Å². The van der Waals surface area contributed by atoms with Crippen LogP contribution < -0.4 is 0 Å². The molecule has 0 amide bonds. The summed E-state index contributed by atoms with van der Waals surface area (Å²) < 4.78 is 10.7. The van der Waals surface area contributed by atoms with E-state index in [-0.39, 0.29) is 25.2 Å². The van der Waals surface area contributed by atoms with Gasteiger partial charge in [0.25, 0.3) is 0 Å². The number of aliphatic hydroxyl groups is 1. The lowest BCUT2D eigenvalue weighted by Crippen LogP contribution is -2.28. The van der Waals surface area contributed by atoms with Crippen LogP contribution in [-0.4, -0.2) is 36.4 Å². The highest BCUT2D eigenvalue weighted by atomic mass is 16.6. The van der Waals surface area contributed by atoms with Crippen LogP contribution in [0.15, 0.2) is 219 Å². The number of rotatable bonds is 60. The van der Waals surface area contributed by atoms with E-state index in [4.69, 9.17) is 9.47 Å². The van der Waals surface area contributed by atoms with Crippen LogP contribution in [0.1, 0.15) is 258 Å². The van der Waals surface area contributed by atoms with Crippen molar-refractivity contribution in [3.05, 3.63) is 219 Å². The summed E-state index contributed by atoms with van der Waals surface area (Å²) in [5.74, 6) is -0.635. The van der Waals surface area contributed by atoms with Gasteiger partial charge in [-0.2, -0.15) is 0 Å². The normalized spacial score (nSPS) is 13.7. The third-order valence-electron chi connectivity index (χ3n) is 13.8. The molecule has 86 heavy (non-hydrogen) atoms.